The lowest BCUT2D eigenvalue weighted by molar-refractivity contribution is 0.213. The van der Waals surface area contributed by atoms with E-state index in [9.17, 15) is 8.42 Å². The Morgan fingerprint density at radius 1 is 1.67 bits per heavy atom. The molecular weight excluding hydrogens is 218 g/mol. The summed E-state index contributed by atoms with van der Waals surface area (Å²) in [6.45, 7) is 0.333. The first kappa shape index (κ1) is 10.6. The summed E-state index contributed by atoms with van der Waals surface area (Å²) >= 11 is 0. The van der Waals surface area contributed by atoms with E-state index >= 15 is 0 Å². The third-order valence-electron chi connectivity index (χ3n) is 2.59. The number of nitrogens with zero attached hydrogens (tertiary/aromatic N) is 2. The molecular formula is C8H13N3O3S. The Morgan fingerprint density at radius 2 is 2.47 bits per heavy atom. The van der Waals surface area contributed by atoms with Gasteiger partial charge in [0, 0.05) is 12.6 Å². The lowest BCUT2D eigenvalue weighted by Gasteiger charge is -2.21. The molecule has 0 spiro atoms. The molecule has 1 aliphatic rings. The van der Waals surface area contributed by atoms with E-state index in [2.05, 4.69) is 9.97 Å². The zero-order valence-corrected chi connectivity index (χ0v) is 8.94. The van der Waals surface area contributed by atoms with Crippen molar-refractivity contribution in [3.63, 3.8) is 0 Å². The molecule has 0 aromatic carbocycles. The SMILES string of the molecule is O=S(=O)(c1cnc[nH]1)N1CCCC1CO. The number of rotatable bonds is 3. The van der Waals surface area contributed by atoms with Gasteiger partial charge in [0.25, 0.3) is 10.0 Å². The summed E-state index contributed by atoms with van der Waals surface area (Å²) in [4.78, 5) is 6.26. The second-order valence-electron chi connectivity index (χ2n) is 3.51. The third-order valence-corrected chi connectivity index (χ3v) is 4.47. The smallest absolute Gasteiger partial charge is 0.260 e. The van der Waals surface area contributed by atoms with Gasteiger partial charge in [-0.2, -0.15) is 4.31 Å². The number of sulfonamides is 1. The van der Waals surface area contributed by atoms with Crippen LogP contribution < -0.4 is 0 Å². The van der Waals surface area contributed by atoms with Gasteiger partial charge in [-0.05, 0) is 12.8 Å². The van der Waals surface area contributed by atoms with Crippen LogP contribution in [0.1, 0.15) is 12.8 Å². The molecule has 1 fully saturated rings. The summed E-state index contributed by atoms with van der Waals surface area (Å²) in [5.41, 5.74) is 0. The molecule has 2 N–H and O–H groups in total. The molecule has 1 saturated heterocycles. The molecule has 7 heteroatoms. The van der Waals surface area contributed by atoms with Crippen molar-refractivity contribution in [3.8, 4) is 0 Å². The van der Waals surface area contributed by atoms with E-state index < -0.39 is 10.0 Å². The molecule has 1 aliphatic heterocycles. The molecule has 15 heavy (non-hydrogen) atoms. The zero-order valence-electron chi connectivity index (χ0n) is 8.13. The predicted molar refractivity (Wildman–Crippen MR) is 52.6 cm³/mol. The van der Waals surface area contributed by atoms with Crippen LogP contribution in [0.15, 0.2) is 17.6 Å². The lowest BCUT2D eigenvalue weighted by Crippen LogP contribution is -2.37. The first-order valence-corrected chi connectivity index (χ1v) is 6.21. The molecule has 1 atom stereocenters. The predicted octanol–water partition coefficient (Wildman–Crippen LogP) is -0.445. The summed E-state index contributed by atoms with van der Waals surface area (Å²) in [6.07, 6.45) is 4.11. The number of hydrogen-bond donors (Lipinski definition) is 2. The van der Waals surface area contributed by atoms with Gasteiger partial charge in [0.05, 0.1) is 19.1 Å². The van der Waals surface area contributed by atoms with Gasteiger partial charge in [0.2, 0.25) is 0 Å². The van der Waals surface area contributed by atoms with E-state index in [-0.39, 0.29) is 17.7 Å². The van der Waals surface area contributed by atoms with Gasteiger partial charge in [-0.25, -0.2) is 13.4 Å². The first-order valence-electron chi connectivity index (χ1n) is 4.77. The maximum Gasteiger partial charge on any atom is 0.260 e. The summed E-state index contributed by atoms with van der Waals surface area (Å²) in [7, 11) is -3.50. The van der Waals surface area contributed by atoms with Crippen LogP contribution in [0.3, 0.4) is 0 Å². The fourth-order valence-electron chi connectivity index (χ4n) is 1.82. The van der Waals surface area contributed by atoms with Crippen LogP contribution >= 0.6 is 0 Å². The van der Waals surface area contributed by atoms with Crippen LogP contribution in [-0.2, 0) is 10.0 Å². The fraction of sp³-hybridized carbons (Fsp3) is 0.625. The van der Waals surface area contributed by atoms with Crippen LogP contribution in [0.25, 0.3) is 0 Å². The first-order chi connectivity index (χ1) is 7.16. The van der Waals surface area contributed by atoms with Crippen molar-refractivity contribution in [1.29, 1.82) is 0 Å². The average molecular weight is 231 g/mol. The van der Waals surface area contributed by atoms with Gasteiger partial charge in [-0.1, -0.05) is 0 Å². The number of aliphatic hydroxyl groups excluding tert-OH is 1. The maximum absolute atomic E-state index is 12.0. The minimum Gasteiger partial charge on any atom is -0.395 e. The highest BCUT2D eigenvalue weighted by Crippen LogP contribution is 2.24. The van der Waals surface area contributed by atoms with Crippen molar-refractivity contribution in [2.75, 3.05) is 13.2 Å². The standard InChI is InChI=1S/C8H13N3O3S/c12-5-7-2-1-3-11(7)15(13,14)8-4-9-6-10-8/h4,6-7,12H,1-3,5H2,(H,9,10). The molecule has 2 rings (SSSR count). The van der Waals surface area contributed by atoms with Crippen LogP contribution in [0, 0.1) is 0 Å². The van der Waals surface area contributed by atoms with Crippen LogP contribution in [0.4, 0.5) is 0 Å². The van der Waals surface area contributed by atoms with E-state index in [0.717, 1.165) is 6.42 Å². The molecule has 0 amide bonds. The molecule has 1 unspecified atom stereocenters. The largest absolute Gasteiger partial charge is 0.395 e. The summed E-state index contributed by atoms with van der Waals surface area (Å²) in [5, 5.41) is 9.15. The van der Waals surface area contributed by atoms with Crippen LogP contribution in [0.5, 0.6) is 0 Å². The van der Waals surface area contributed by atoms with Crippen molar-refractivity contribution in [1.82, 2.24) is 14.3 Å². The highest BCUT2D eigenvalue weighted by molar-refractivity contribution is 7.89. The second kappa shape index (κ2) is 3.92. The van der Waals surface area contributed by atoms with E-state index in [4.69, 9.17) is 5.11 Å². The third kappa shape index (κ3) is 1.77. The quantitative estimate of drug-likeness (QED) is 0.738. The molecule has 1 aromatic rings. The number of aromatic amines is 1. The Bertz CT molecular complexity index is 414. The molecule has 2 heterocycles. The number of hydrogen-bond acceptors (Lipinski definition) is 4. The summed E-state index contributed by atoms with van der Waals surface area (Å²) in [5.74, 6) is 0. The second-order valence-corrected chi connectivity index (χ2v) is 5.37. The van der Waals surface area contributed by atoms with Gasteiger partial charge in [0.1, 0.15) is 0 Å². The van der Waals surface area contributed by atoms with E-state index in [0.29, 0.717) is 13.0 Å². The Hall–Kier alpha value is -0.920. The van der Waals surface area contributed by atoms with Crippen molar-refractivity contribution in [3.05, 3.63) is 12.5 Å². The van der Waals surface area contributed by atoms with Crippen molar-refractivity contribution in [2.45, 2.75) is 23.9 Å². The molecule has 0 saturated carbocycles. The van der Waals surface area contributed by atoms with Crippen LogP contribution in [0.2, 0.25) is 0 Å². The van der Waals surface area contributed by atoms with Gasteiger partial charge in [-0.15, -0.1) is 0 Å². The topological polar surface area (TPSA) is 86.3 Å². The summed E-state index contributed by atoms with van der Waals surface area (Å²) < 4.78 is 25.4. The average Bonchev–Trinajstić information content (AvgIpc) is 2.89. The molecule has 6 nitrogen and oxygen atoms in total. The molecule has 84 valence electrons. The van der Waals surface area contributed by atoms with E-state index in [1.807, 2.05) is 0 Å². The minimum atomic E-state index is -3.50. The fourth-order valence-corrected chi connectivity index (χ4v) is 3.40. The summed E-state index contributed by atoms with van der Waals surface area (Å²) in [6, 6.07) is -0.293. The van der Waals surface area contributed by atoms with Crippen molar-refractivity contribution >= 4 is 10.0 Å². The normalized spacial score (nSPS) is 23.4. The lowest BCUT2D eigenvalue weighted by atomic mass is 10.2. The monoisotopic (exact) mass is 231 g/mol. The Morgan fingerprint density at radius 3 is 3.07 bits per heavy atom. The van der Waals surface area contributed by atoms with Crippen LogP contribution in [-0.4, -0.2) is 47.0 Å². The Kier molecular flexibility index (Phi) is 2.76. The van der Waals surface area contributed by atoms with Crippen molar-refractivity contribution in [2.24, 2.45) is 0 Å². The Labute approximate surface area is 88.0 Å². The zero-order chi connectivity index (χ0) is 10.9. The van der Waals surface area contributed by atoms with Gasteiger partial charge in [-0.3, -0.25) is 0 Å². The minimum absolute atomic E-state index is 0.0860. The number of imidazole rings is 1. The van der Waals surface area contributed by atoms with Gasteiger partial charge < -0.3 is 10.1 Å². The molecule has 1 aromatic heterocycles. The van der Waals surface area contributed by atoms with Crippen molar-refractivity contribution < 1.29 is 13.5 Å². The number of aromatic nitrogens is 2. The molecule has 0 aliphatic carbocycles. The highest BCUT2D eigenvalue weighted by atomic mass is 32.2. The van der Waals surface area contributed by atoms with Gasteiger partial charge in [0.15, 0.2) is 5.03 Å². The Balaban J connectivity index is 2.30. The maximum atomic E-state index is 12.0. The molecule has 0 radical (unpaired) electrons. The highest BCUT2D eigenvalue weighted by Gasteiger charge is 2.35. The molecule has 0 bridgehead atoms. The van der Waals surface area contributed by atoms with Gasteiger partial charge >= 0.3 is 0 Å². The number of aliphatic hydroxyl groups is 1. The number of nitrogens with one attached hydrogen (secondary N) is 1. The van der Waals surface area contributed by atoms with E-state index in [1.54, 1.807) is 0 Å². The number of H-pyrrole nitrogens is 1. The van der Waals surface area contributed by atoms with E-state index in [1.165, 1.54) is 16.8 Å².